The average Bonchev–Trinajstić information content (AvgIpc) is 2.46. The van der Waals surface area contributed by atoms with Gasteiger partial charge in [-0.2, -0.15) is 5.10 Å². The summed E-state index contributed by atoms with van der Waals surface area (Å²) >= 11 is 5.85. The molecule has 1 N–H and O–H groups in total. The Bertz CT molecular complexity index is 553. The molecule has 4 heteroatoms. The number of Topliss-reactive ketones (excluding diaryl/α,β-unsaturated/α-hetero) is 1. The SMILES string of the molecule is O=C(/C(Cl)=N/Nc1ccccc1)c1ccccc1. The highest BCUT2D eigenvalue weighted by atomic mass is 35.5. The molecule has 0 amide bonds. The van der Waals surface area contributed by atoms with Crippen molar-refractivity contribution in [2.45, 2.75) is 0 Å². The minimum Gasteiger partial charge on any atom is -0.286 e. The average molecular weight is 259 g/mol. The number of hydrogen-bond donors (Lipinski definition) is 1. The van der Waals surface area contributed by atoms with E-state index in [9.17, 15) is 4.79 Å². The summed E-state index contributed by atoms with van der Waals surface area (Å²) in [4.78, 5) is 11.9. The van der Waals surface area contributed by atoms with Gasteiger partial charge in [0.05, 0.1) is 5.69 Å². The Labute approximate surface area is 110 Å². The van der Waals surface area contributed by atoms with Crippen molar-refractivity contribution in [2.75, 3.05) is 5.43 Å². The van der Waals surface area contributed by atoms with Crippen molar-refractivity contribution in [3.05, 3.63) is 66.2 Å². The van der Waals surface area contributed by atoms with Crippen molar-refractivity contribution < 1.29 is 4.79 Å². The van der Waals surface area contributed by atoms with E-state index in [-0.39, 0.29) is 11.0 Å². The van der Waals surface area contributed by atoms with Crippen LogP contribution in [0.25, 0.3) is 0 Å². The molecule has 0 aliphatic heterocycles. The van der Waals surface area contributed by atoms with Crippen LogP contribution in [0.2, 0.25) is 0 Å². The second-order valence-electron chi connectivity index (χ2n) is 3.58. The van der Waals surface area contributed by atoms with Gasteiger partial charge in [0.2, 0.25) is 5.78 Å². The van der Waals surface area contributed by atoms with E-state index >= 15 is 0 Å². The monoisotopic (exact) mass is 258 g/mol. The van der Waals surface area contributed by atoms with Gasteiger partial charge in [-0.25, -0.2) is 0 Å². The minimum atomic E-state index is -0.305. The molecule has 90 valence electrons. The predicted molar refractivity (Wildman–Crippen MR) is 74.1 cm³/mol. The predicted octanol–water partition coefficient (Wildman–Crippen LogP) is 3.53. The summed E-state index contributed by atoms with van der Waals surface area (Å²) in [5.41, 5.74) is 4.02. The molecule has 0 aliphatic rings. The van der Waals surface area contributed by atoms with Crippen LogP contribution in [-0.4, -0.2) is 11.0 Å². The number of benzene rings is 2. The molecular formula is C14H11ClN2O. The highest BCUT2D eigenvalue weighted by Crippen LogP contribution is 2.07. The number of ketones is 1. The molecule has 2 aromatic rings. The summed E-state index contributed by atoms with van der Waals surface area (Å²) in [6, 6.07) is 18.1. The van der Waals surface area contributed by atoms with Crippen LogP contribution in [-0.2, 0) is 0 Å². The Kier molecular flexibility index (Phi) is 4.10. The largest absolute Gasteiger partial charge is 0.286 e. The van der Waals surface area contributed by atoms with E-state index in [4.69, 9.17) is 11.6 Å². The van der Waals surface area contributed by atoms with E-state index in [1.54, 1.807) is 24.3 Å². The van der Waals surface area contributed by atoms with Crippen LogP contribution in [0.1, 0.15) is 10.4 Å². The van der Waals surface area contributed by atoms with Gasteiger partial charge in [-0.05, 0) is 12.1 Å². The normalized spacial score (nSPS) is 11.1. The van der Waals surface area contributed by atoms with E-state index in [0.29, 0.717) is 5.56 Å². The first-order chi connectivity index (χ1) is 8.77. The number of carbonyl (C=O) groups excluding carboxylic acids is 1. The first-order valence-electron chi connectivity index (χ1n) is 5.41. The van der Waals surface area contributed by atoms with E-state index < -0.39 is 0 Å². The van der Waals surface area contributed by atoms with Crippen molar-refractivity contribution in [3.8, 4) is 0 Å². The molecule has 0 saturated heterocycles. The van der Waals surface area contributed by atoms with Gasteiger partial charge in [0, 0.05) is 5.56 Å². The minimum absolute atomic E-state index is 0.0925. The lowest BCUT2D eigenvalue weighted by Crippen LogP contribution is -2.09. The standard InChI is InChI=1S/C14H11ClN2O/c15-14(13(18)11-7-3-1-4-8-11)17-16-12-9-5-2-6-10-12/h1-10,16H/b17-14-. The number of rotatable bonds is 4. The Morgan fingerprint density at radius 1 is 0.944 bits per heavy atom. The summed E-state index contributed by atoms with van der Waals surface area (Å²) in [6.07, 6.45) is 0. The Morgan fingerprint density at radius 3 is 2.11 bits per heavy atom. The quantitative estimate of drug-likeness (QED) is 0.518. The molecule has 2 aromatic carbocycles. The van der Waals surface area contributed by atoms with Crippen LogP contribution in [0.15, 0.2) is 65.8 Å². The van der Waals surface area contributed by atoms with Crippen molar-refractivity contribution in [3.63, 3.8) is 0 Å². The smallest absolute Gasteiger partial charge is 0.224 e. The lowest BCUT2D eigenvalue weighted by Gasteiger charge is -2.01. The first kappa shape index (κ1) is 12.3. The number of hydrogen-bond acceptors (Lipinski definition) is 3. The maximum absolute atomic E-state index is 11.9. The lowest BCUT2D eigenvalue weighted by atomic mass is 10.1. The van der Waals surface area contributed by atoms with Crippen LogP contribution < -0.4 is 5.43 Å². The molecular weight excluding hydrogens is 248 g/mol. The summed E-state index contributed by atoms with van der Waals surface area (Å²) in [6.45, 7) is 0. The van der Waals surface area contributed by atoms with E-state index in [2.05, 4.69) is 10.5 Å². The summed E-state index contributed by atoms with van der Waals surface area (Å²) in [5, 5.41) is 3.76. The zero-order valence-electron chi connectivity index (χ0n) is 9.51. The van der Waals surface area contributed by atoms with E-state index in [1.165, 1.54) is 0 Å². The number of anilines is 1. The van der Waals surface area contributed by atoms with Gasteiger partial charge in [-0.15, -0.1) is 0 Å². The van der Waals surface area contributed by atoms with Crippen LogP contribution in [0, 0.1) is 0 Å². The van der Waals surface area contributed by atoms with Gasteiger partial charge in [0.25, 0.3) is 0 Å². The van der Waals surface area contributed by atoms with Crippen LogP contribution in [0.5, 0.6) is 0 Å². The van der Waals surface area contributed by atoms with Crippen molar-refractivity contribution >= 4 is 28.2 Å². The molecule has 18 heavy (non-hydrogen) atoms. The van der Waals surface area contributed by atoms with Gasteiger partial charge in [0.15, 0.2) is 5.17 Å². The van der Waals surface area contributed by atoms with Crippen LogP contribution in [0.3, 0.4) is 0 Å². The van der Waals surface area contributed by atoms with Gasteiger partial charge in [-0.3, -0.25) is 10.2 Å². The lowest BCUT2D eigenvalue weighted by molar-refractivity contribution is 0.106. The molecule has 0 heterocycles. The third-order valence-electron chi connectivity index (χ3n) is 2.28. The Morgan fingerprint density at radius 2 is 1.50 bits per heavy atom. The molecule has 0 radical (unpaired) electrons. The molecule has 0 spiro atoms. The topological polar surface area (TPSA) is 41.5 Å². The highest BCUT2D eigenvalue weighted by Gasteiger charge is 2.10. The molecule has 0 aromatic heterocycles. The van der Waals surface area contributed by atoms with Crippen molar-refractivity contribution in [1.29, 1.82) is 0 Å². The van der Waals surface area contributed by atoms with Gasteiger partial charge < -0.3 is 0 Å². The van der Waals surface area contributed by atoms with Crippen LogP contribution in [0.4, 0.5) is 5.69 Å². The zero-order chi connectivity index (χ0) is 12.8. The molecule has 0 bridgehead atoms. The number of para-hydroxylation sites is 1. The zero-order valence-corrected chi connectivity index (χ0v) is 10.3. The van der Waals surface area contributed by atoms with Gasteiger partial charge in [-0.1, -0.05) is 60.1 Å². The van der Waals surface area contributed by atoms with Gasteiger partial charge >= 0.3 is 0 Å². The fourth-order valence-electron chi connectivity index (χ4n) is 1.39. The molecule has 0 aliphatic carbocycles. The number of nitrogens with zero attached hydrogens (tertiary/aromatic N) is 1. The maximum atomic E-state index is 11.9. The van der Waals surface area contributed by atoms with E-state index in [1.807, 2.05) is 36.4 Å². The molecule has 2 rings (SSSR count). The van der Waals surface area contributed by atoms with Crippen molar-refractivity contribution in [1.82, 2.24) is 0 Å². The molecule has 0 unspecified atom stereocenters. The van der Waals surface area contributed by atoms with E-state index in [0.717, 1.165) is 5.69 Å². The number of hydrazone groups is 1. The highest BCUT2D eigenvalue weighted by molar-refractivity contribution is 6.84. The third-order valence-corrected chi connectivity index (χ3v) is 2.54. The Hall–Kier alpha value is -2.13. The fourth-order valence-corrected chi connectivity index (χ4v) is 1.54. The molecule has 0 saturated carbocycles. The summed E-state index contributed by atoms with van der Waals surface area (Å²) in [7, 11) is 0. The molecule has 0 atom stereocenters. The van der Waals surface area contributed by atoms with Crippen LogP contribution >= 0.6 is 11.6 Å². The van der Waals surface area contributed by atoms with Gasteiger partial charge in [0.1, 0.15) is 0 Å². The first-order valence-corrected chi connectivity index (χ1v) is 5.79. The Balaban J connectivity index is 2.08. The fraction of sp³-hybridized carbons (Fsp3) is 0. The second kappa shape index (κ2) is 5.98. The summed E-state index contributed by atoms with van der Waals surface area (Å²) in [5.74, 6) is -0.305. The number of carbonyl (C=O) groups is 1. The third kappa shape index (κ3) is 3.18. The van der Waals surface area contributed by atoms with Crippen molar-refractivity contribution in [2.24, 2.45) is 5.10 Å². The second-order valence-corrected chi connectivity index (χ2v) is 3.93. The molecule has 3 nitrogen and oxygen atoms in total. The maximum Gasteiger partial charge on any atom is 0.224 e. The number of nitrogens with one attached hydrogen (secondary N) is 1. The molecule has 0 fully saturated rings. The summed E-state index contributed by atoms with van der Waals surface area (Å²) < 4.78 is 0. The number of halogens is 1.